The van der Waals surface area contributed by atoms with Gasteiger partial charge in [-0.15, -0.1) is 0 Å². The van der Waals surface area contributed by atoms with Gasteiger partial charge in [-0.25, -0.2) is 9.13 Å². The number of esters is 4. The fourth-order valence-corrected chi connectivity index (χ4v) is 15.1. The highest BCUT2D eigenvalue weighted by Crippen LogP contribution is 2.45. The van der Waals surface area contributed by atoms with Crippen LogP contribution in [0.1, 0.15) is 459 Å². The molecule has 0 aliphatic carbocycles. The van der Waals surface area contributed by atoms with Gasteiger partial charge < -0.3 is 33.8 Å². The molecule has 19 heteroatoms. The molecule has 0 saturated carbocycles. The second-order valence-corrected chi connectivity index (χ2v) is 35.1. The van der Waals surface area contributed by atoms with E-state index in [0.717, 1.165) is 108 Å². The SMILES string of the molecule is CCCCCCCCCCCCCCCC(=O)OC[C@H](COP(=O)(O)OC[C@H](O)COP(=O)(O)OC[C@@H](COC(=O)CCCCCCCCCCCCCCCCC(C)CC)OC(=O)CCCCCCCCCCCCCCCCCCCCC(C)CC)OC(=O)CCCCCCCCCCCCC(C)C. The summed E-state index contributed by atoms with van der Waals surface area (Å²) in [7, 11) is -9.93. The summed E-state index contributed by atoms with van der Waals surface area (Å²) in [5.74, 6) is 0.371. The Morgan fingerprint density at radius 1 is 0.274 bits per heavy atom. The first-order chi connectivity index (χ1) is 51.3. The summed E-state index contributed by atoms with van der Waals surface area (Å²) < 4.78 is 68.9. The number of unbranched alkanes of at least 4 members (excludes halogenated alkanes) is 51. The van der Waals surface area contributed by atoms with E-state index in [1.54, 1.807) is 0 Å². The Morgan fingerprint density at radius 3 is 0.717 bits per heavy atom. The number of ether oxygens (including phenoxy) is 4. The number of phosphoric ester groups is 2. The van der Waals surface area contributed by atoms with E-state index < -0.39 is 97.5 Å². The van der Waals surface area contributed by atoms with Gasteiger partial charge in [-0.05, 0) is 43.4 Å². The largest absolute Gasteiger partial charge is 0.472 e. The Labute approximate surface area is 651 Å². The number of aliphatic hydroxyl groups is 1. The second-order valence-electron chi connectivity index (χ2n) is 32.2. The van der Waals surface area contributed by atoms with Gasteiger partial charge in [0.2, 0.25) is 0 Å². The molecule has 0 saturated heterocycles. The van der Waals surface area contributed by atoms with Crippen LogP contribution < -0.4 is 0 Å². The summed E-state index contributed by atoms with van der Waals surface area (Å²) in [4.78, 5) is 73.3. The van der Waals surface area contributed by atoms with Gasteiger partial charge in [0, 0.05) is 25.7 Å². The second kappa shape index (κ2) is 77.0. The first kappa shape index (κ1) is 104. The van der Waals surface area contributed by atoms with E-state index in [4.69, 9.17) is 37.0 Å². The molecule has 0 aromatic carbocycles. The van der Waals surface area contributed by atoms with Crippen LogP contribution in [0.4, 0.5) is 0 Å². The number of carbonyl (C=O) groups excluding carboxylic acids is 4. The highest BCUT2D eigenvalue weighted by atomic mass is 31.2. The van der Waals surface area contributed by atoms with Crippen LogP contribution in [0.2, 0.25) is 0 Å². The van der Waals surface area contributed by atoms with Crippen LogP contribution >= 0.6 is 15.6 Å². The van der Waals surface area contributed by atoms with Crippen molar-refractivity contribution >= 4 is 39.5 Å². The van der Waals surface area contributed by atoms with Crippen molar-refractivity contribution in [1.82, 2.24) is 0 Å². The number of rotatable bonds is 85. The first-order valence-corrected chi connectivity index (χ1v) is 47.9. The predicted octanol–water partition coefficient (Wildman–Crippen LogP) is 26.5. The van der Waals surface area contributed by atoms with E-state index >= 15 is 0 Å². The van der Waals surface area contributed by atoms with Crippen LogP contribution in [-0.4, -0.2) is 96.7 Å². The van der Waals surface area contributed by atoms with Gasteiger partial charge in [-0.2, -0.15) is 0 Å². The Hall–Kier alpha value is -1.94. The van der Waals surface area contributed by atoms with Gasteiger partial charge in [0.15, 0.2) is 12.2 Å². The zero-order valence-electron chi connectivity index (χ0n) is 69.9. The fraction of sp³-hybridized carbons (Fsp3) is 0.954. The number of aliphatic hydroxyl groups excluding tert-OH is 1. The zero-order valence-corrected chi connectivity index (χ0v) is 71.7. The molecule has 0 aliphatic rings. The van der Waals surface area contributed by atoms with E-state index in [1.165, 1.54) is 270 Å². The van der Waals surface area contributed by atoms with Crippen molar-refractivity contribution in [3.8, 4) is 0 Å². The summed E-state index contributed by atoms with van der Waals surface area (Å²) in [6, 6.07) is 0. The van der Waals surface area contributed by atoms with Crippen molar-refractivity contribution in [2.45, 2.75) is 478 Å². The van der Waals surface area contributed by atoms with E-state index in [0.29, 0.717) is 25.7 Å². The molecule has 0 fully saturated rings. The smallest absolute Gasteiger partial charge is 0.462 e. The zero-order chi connectivity index (χ0) is 77.9. The lowest BCUT2D eigenvalue weighted by Crippen LogP contribution is -2.30. The maximum atomic E-state index is 13.2. The summed E-state index contributed by atoms with van der Waals surface area (Å²) in [5.41, 5.74) is 0. The molecule has 106 heavy (non-hydrogen) atoms. The van der Waals surface area contributed by atoms with E-state index in [1.807, 2.05) is 0 Å². The molecule has 630 valence electrons. The molecule has 0 amide bonds. The Morgan fingerprint density at radius 2 is 0.481 bits per heavy atom. The number of phosphoric acid groups is 2. The molecule has 17 nitrogen and oxygen atoms in total. The van der Waals surface area contributed by atoms with E-state index in [2.05, 4.69) is 48.5 Å². The summed E-state index contributed by atoms with van der Waals surface area (Å²) >= 11 is 0. The molecule has 0 spiro atoms. The fourth-order valence-electron chi connectivity index (χ4n) is 13.5. The van der Waals surface area contributed by atoms with Gasteiger partial charge in [-0.3, -0.25) is 37.3 Å². The Balaban J connectivity index is 5.25. The van der Waals surface area contributed by atoms with Crippen LogP contribution in [0.25, 0.3) is 0 Å². The van der Waals surface area contributed by atoms with Crippen LogP contribution in [0.5, 0.6) is 0 Å². The van der Waals surface area contributed by atoms with Gasteiger partial charge >= 0.3 is 39.5 Å². The molecule has 4 unspecified atom stereocenters. The summed E-state index contributed by atoms with van der Waals surface area (Å²) in [5, 5.41) is 10.7. The van der Waals surface area contributed by atoms with Crippen molar-refractivity contribution in [3.63, 3.8) is 0 Å². The highest BCUT2D eigenvalue weighted by Gasteiger charge is 2.31. The van der Waals surface area contributed by atoms with Crippen LogP contribution in [0, 0.1) is 17.8 Å². The van der Waals surface area contributed by atoms with Crippen molar-refractivity contribution in [1.29, 1.82) is 0 Å². The van der Waals surface area contributed by atoms with Gasteiger partial charge in [-0.1, -0.05) is 408 Å². The average molecular weight is 1550 g/mol. The molecule has 0 aromatic rings. The average Bonchev–Trinajstić information content (AvgIpc) is 0.904. The lowest BCUT2D eigenvalue weighted by Gasteiger charge is -2.21. The third-order valence-corrected chi connectivity index (χ3v) is 23.0. The van der Waals surface area contributed by atoms with Crippen molar-refractivity contribution in [2.24, 2.45) is 17.8 Å². The lowest BCUT2D eigenvalue weighted by atomic mass is 9.99. The van der Waals surface area contributed by atoms with E-state index in [-0.39, 0.29) is 25.7 Å². The summed E-state index contributed by atoms with van der Waals surface area (Å²) in [6.45, 7) is 12.1. The maximum absolute atomic E-state index is 13.2. The molecule has 0 aliphatic heterocycles. The molecule has 3 N–H and O–H groups in total. The molecule has 0 rings (SSSR count). The monoisotopic (exact) mass is 1550 g/mol. The summed E-state index contributed by atoms with van der Waals surface area (Å²) in [6.07, 6.45) is 67.9. The van der Waals surface area contributed by atoms with Gasteiger partial charge in [0.25, 0.3) is 0 Å². The highest BCUT2D eigenvalue weighted by molar-refractivity contribution is 7.47. The molecule has 0 bridgehead atoms. The third-order valence-electron chi connectivity index (χ3n) is 21.1. The topological polar surface area (TPSA) is 237 Å². The minimum Gasteiger partial charge on any atom is -0.462 e. The minimum atomic E-state index is -4.97. The number of carbonyl (C=O) groups is 4. The van der Waals surface area contributed by atoms with Crippen molar-refractivity contribution in [2.75, 3.05) is 39.6 Å². The molecular weight excluding hydrogens is 1380 g/mol. The number of hydrogen-bond donors (Lipinski definition) is 3. The molecular formula is C87H170O17P2. The lowest BCUT2D eigenvalue weighted by molar-refractivity contribution is -0.161. The molecule has 0 heterocycles. The maximum Gasteiger partial charge on any atom is 0.472 e. The normalized spacial score (nSPS) is 14.4. The van der Waals surface area contributed by atoms with Crippen molar-refractivity contribution in [3.05, 3.63) is 0 Å². The van der Waals surface area contributed by atoms with E-state index in [9.17, 15) is 43.2 Å². The molecule has 7 atom stereocenters. The van der Waals surface area contributed by atoms with Crippen LogP contribution in [0.3, 0.4) is 0 Å². The Kier molecular flexibility index (Phi) is 75.6. The van der Waals surface area contributed by atoms with Crippen LogP contribution in [-0.2, 0) is 65.4 Å². The third kappa shape index (κ3) is 77.4. The minimum absolute atomic E-state index is 0.106. The van der Waals surface area contributed by atoms with Crippen molar-refractivity contribution < 1.29 is 80.2 Å². The quantitative estimate of drug-likeness (QED) is 0.0222. The van der Waals surface area contributed by atoms with Gasteiger partial charge in [0.05, 0.1) is 26.4 Å². The first-order valence-electron chi connectivity index (χ1n) is 44.9. The molecule has 0 aromatic heterocycles. The molecule has 0 radical (unpaired) electrons. The predicted molar refractivity (Wildman–Crippen MR) is 437 cm³/mol. The van der Waals surface area contributed by atoms with Crippen LogP contribution in [0.15, 0.2) is 0 Å². The number of hydrogen-bond acceptors (Lipinski definition) is 15. The van der Waals surface area contributed by atoms with Gasteiger partial charge in [0.1, 0.15) is 19.3 Å². The standard InChI is InChI=1S/C87H170O17P2/c1-8-11-12-13-14-15-16-25-32-40-47-54-61-68-84(89)97-75-83(104-87(92)71-64-57-50-43-36-35-37-44-51-58-65-78(4)5)77-102-106(95,96)100-73-81(88)72-99-105(93,94)101-76-82(74-98-85(90)69-62-55-48-41-33-28-24-23-27-31-39-46-53-60-67-80(7)10-3)103-86(91)70-63-56-49-42-34-29-22-20-18-17-19-21-26-30-38-45-52-59-66-79(6)9-2/h78-83,88H,8-77H2,1-7H3,(H,93,94)(H,95,96)/t79?,80?,81-,82-,83-/m1/s1. The Bertz CT molecular complexity index is 2050.